The van der Waals surface area contributed by atoms with Crippen molar-refractivity contribution < 1.29 is 9.53 Å². The third kappa shape index (κ3) is 6.70. The third-order valence-electron chi connectivity index (χ3n) is 4.41. The molecule has 1 saturated heterocycles. The largest absolute Gasteiger partial charge is 0.494 e. The van der Waals surface area contributed by atoms with E-state index in [1.165, 1.54) is 0 Å². The van der Waals surface area contributed by atoms with E-state index in [0.717, 1.165) is 50.3 Å². The number of hydrogen-bond donors (Lipinski definition) is 2. The molecule has 136 valence electrons. The van der Waals surface area contributed by atoms with Crippen LogP contribution < -0.4 is 15.4 Å². The first kappa shape index (κ1) is 20.8. The van der Waals surface area contributed by atoms with Gasteiger partial charge in [0.05, 0.1) is 12.6 Å². The highest BCUT2D eigenvalue weighted by Crippen LogP contribution is 2.20. The van der Waals surface area contributed by atoms with Crippen LogP contribution in [0.5, 0.6) is 5.75 Å². The van der Waals surface area contributed by atoms with Gasteiger partial charge in [0.25, 0.3) is 0 Å². The summed E-state index contributed by atoms with van der Waals surface area (Å²) in [6.45, 7) is 9.05. The molecule has 1 atom stereocenters. The maximum absolute atomic E-state index is 12.3. The number of piperidine rings is 1. The molecule has 1 heterocycles. The van der Waals surface area contributed by atoms with Gasteiger partial charge in [-0.15, -0.1) is 12.4 Å². The van der Waals surface area contributed by atoms with Gasteiger partial charge >= 0.3 is 0 Å². The Balaban J connectivity index is 0.00000288. The molecule has 1 aliphatic heterocycles. The van der Waals surface area contributed by atoms with Gasteiger partial charge in [-0.25, -0.2) is 0 Å². The Morgan fingerprint density at radius 2 is 1.83 bits per heavy atom. The number of benzene rings is 1. The zero-order chi connectivity index (χ0) is 16.7. The minimum Gasteiger partial charge on any atom is -0.494 e. The molecule has 2 N–H and O–H groups in total. The number of nitrogens with one attached hydrogen (secondary N) is 2. The minimum absolute atomic E-state index is 0. The summed E-state index contributed by atoms with van der Waals surface area (Å²) in [6.07, 6.45) is 2.92. The van der Waals surface area contributed by atoms with Crippen molar-refractivity contribution in [2.45, 2.75) is 46.1 Å². The van der Waals surface area contributed by atoms with Gasteiger partial charge in [-0.1, -0.05) is 26.0 Å². The maximum atomic E-state index is 12.3. The predicted molar refractivity (Wildman–Crippen MR) is 101 cm³/mol. The quantitative estimate of drug-likeness (QED) is 0.784. The van der Waals surface area contributed by atoms with Crippen LogP contribution in [0, 0.1) is 11.8 Å². The zero-order valence-electron chi connectivity index (χ0n) is 15.0. The molecular formula is C19H31ClN2O2. The van der Waals surface area contributed by atoms with Gasteiger partial charge < -0.3 is 15.4 Å². The van der Waals surface area contributed by atoms with Crippen LogP contribution in [0.25, 0.3) is 0 Å². The van der Waals surface area contributed by atoms with E-state index in [-0.39, 0.29) is 30.3 Å². The van der Waals surface area contributed by atoms with Crippen molar-refractivity contribution in [2.24, 2.45) is 11.8 Å². The van der Waals surface area contributed by atoms with Crippen molar-refractivity contribution in [3.63, 3.8) is 0 Å². The van der Waals surface area contributed by atoms with E-state index >= 15 is 0 Å². The molecule has 0 bridgehead atoms. The van der Waals surface area contributed by atoms with Gasteiger partial charge in [-0.2, -0.15) is 0 Å². The van der Waals surface area contributed by atoms with Crippen LogP contribution in [0.4, 0.5) is 0 Å². The number of halogens is 1. The number of carbonyl (C=O) groups excluding carboxylic acids is 1. The van der Waals surface area contributed by atoms with Crippen molar-refractivity contribution in [1.29, 1.82) is 0 Å². The highest BCUT2D eigenvalue weighted by Gasteiger charge is 2.22. The number of hydrogen-bond acceptors (Lipinski definition) is 3. The first-order valence-corrected chi connectivity index (χ1v) is 8.80. The van der Waals surface area contributed by atoms with Crippen molar-refractivity contribution in [3.8, 4) is 5.75 Å². The summed E-state index contributed by atoms with van der Waals surface area (Å²) in [5.41, 5.74) is 1.11. The lowest BCUT2D eigenvalue weighted by Gasteiger charge is -2.24. The van der Waals surface area contributed by atoms with Crippen molar-refractivity contribution in [1.82, 2.24) is 10.6 Å². The van der Waals surface area contributed by atoms with E-state index in [4.69, 9.17) is 4.74 Å². The number of ether oxygens (including phenoxy) is 1. The molecule has 1 unspecified atom stereocenters. The van der Waals surface area contributed by atoms with E-state index in [9.17, 15) is 4.79 Å². The van der Waals surface area contributed by atoms with E-state index in [1.807, 2.05) is 31.2 Å². The molecule has 0 aliphatic carbocycles. The lowest BCUT2D eigenvalue weighted by atomic mass is 9.96. The smallest absolute Gasteiger partial charge is 0.223 e. The molecule has 24 heavy (non-hydrogen) atoms. The molecule has 5 heteroatoms. The Kier molecular flexibility index (Phi) is 9.16. The summed E-state index contributed by atoms with van der Waals surface area (Å²) in [4.78, 5) is 12.3. The summed E-state index contributed by atoms with van der Waals surface area (Å²) >= 11 is 0. The monoisotopic (exact) mass is 354 g/mol. The highest BCUT2D eigenvalue weighted by molar-refractivity contribution is 5.85. The topological polar surface area (TPSA) is 50.4 Å². The van der Waals surface area contributed by atoms with Gasteiger partial charge in [0, 0.05) is 5.92 Å². The number of amides is 1. The van der Waals surface area contributed by atoms with Crippen LogP contribution in [0.1, 0.15) is 51.6 Å². The van der Waals surface area contributed by atoms with Crippen LogP contribution in [-0.4, -0.2) is 25.6 Å². The summed E-state index contributed by atoms with van der Waals surface area (Å²) in [6, 6.07) is 8.09. The average molecular weight is 355 g/mol. The zero-order valence-corrected chi connectivity index (χ0v) is 15.8. The predicted octanol–water partition coefficient (Wildman–Crippen LogP) is 3.71. The molecule has 1 aromatic rings. The summed E-state index contributed by atoms with van der Waals surface area (Å²) in [5, 5.41) is 6.43. The fourth-order valence-electron chi connectivity index (χ4n) is 2.76. The summed E-state index contributed by atoms with van der Waals surface area (Å²) in [7, 11) is 0. The van der Waals surface area contributed by atoms with Gasteiger partial charge in [0.1, 0.15) is 5.75 Å². The number of carbonyl (C=O) groups is 1. The molecule has 1 amide bonds. The van der Waals surface area contributed by atoms with E-state index in [0.29, 0.717) is 5.92 Å². The number of rotatable bonds is 7. The lowest BCUT2D eigenvalue weighted by Crippen LogP contribution is -2.39. The molecule has 0 spiro atoms. The van der Waals surface area contributed by atoms with Crippen molar-refractivity contribution in [2.75, 3.05) is 19.7 Å². The Labute approximate surface area is 152 Å². The Bertz CT molecular complexity index is 485. The third-order valence-corrected chi connectivity index (χ3v) is 4.41. The van der Waals surface area contributed by atoms with Crippen LogP contribution in [-0.2, 0) is 4.79 Å². The van der Waals surface area contributed by atoms with Crippen molar-refractivity contribution in [3.05, 3.63) is 29.8 Å². The van der Waals surface area contributed by atoms with Gasteiger partial charge in [-0.05, 0) is 62.9 Å². The second kappa shape index (κ2) is 10.6. The van der Waals surface area contributed by atoms with E-state index < -0.39 is 0 Å². The Morgan fingerprint density at radius 1 is 1.21 bits per heavy atom. The molecular weight excluding hydrogens is 324 g/mol. The molecule has 0 saturated carbocycles. The normalized spacial score (nSPS) is 16.3. The first-order chi connectivity index (χ1) is 11.1. The van der Waals surface area contributed by atoms with E-state index in [2.05, 4.69) is 24.5 Å². The van der Waals surface area contributed by atoms with E-state index in [1.54, 1.807) is 0 Å². The fraction of sp³-hybridized carbons (Fsp3) is 0.632. The average Bonchev–Trinajstić information content (AvgIpc) is 2.56. The maximum Gasteiger partial charge on any atom is 0.223 e. The van der Waals surface area contributed by atoms with Gasteiger partial charge in [-0.3, -0.25) is 4.79 Å². The first-order valence-electron chi connectivity index (χ1n) is 8.80. The standard InChI is InChI=1S/C19H30N2O2.ClH/c1-14(2)10-13-23-18-6-4-16(5-7-18)15(3)21-19(22)17-8-11-20-12-9-17;/h4-7,14-15,17,20H,8-13H2,1-3H3,(H,21,22);1H. The second-order valence-corrected chi connectivity index (χ2v) is 6.85. The minimum atomic E-state index is 0. The molecule has 1 aliphatic rings. The highest BCUT2D eigenvalue weighted by atomic mass is 35.5. The van der Waals surface area contributed by atoms with Crippen LogP contribution in [0.15, 0.2) is 24.3 Å². The van der Waals surface area contributed by atoms with Gasteiger partial charge in [0.15, 0.2) is 0 Å². The molecule has 1 fully saturated rings. The SMILES string of the molecule is CC(C)CCOc1ccc(C(C)NC(=O)C2CCNCC2)cc1.Cl. The fourth-order valence-corrected chi connectivity index (χ4v) is 2.76. The molecule has 2 rings (SSSR count). The van der Waals surface area contributed by atoms with Crippen LogP contribution >= 0.6 is 12.4 Å². The summed E-state index contributed by atoms with van der Waals surface area (Å²) in [5.74, 6) is 1.87. The molecule has 0 radical (unpaired) electrons. The van der Waals surface area contributed by atoms with Crippen LogP contribution in [0.3, 0.4) is 0 Å². The van der Waals surface area contributed by atoms with Crippen LogP contribution in [0.2, 0.25) is 0 Å². The Morgan fingerprint density at radius 3 is 2.42 bits per heavy atom. The molecule has 4 nitrogen and oxygen atoms in total. The van der Waals surface area contributed by atoms with Gasteiger partial charge in [0.2, 0.25) is 5.91 Å². The second-order valence-electron chi connectivity index (χ2n) is 6.85. The molecule has 0 aromatic heterocycles. The lowest BCUT2D eigenvalue weighted by molar-refractivity contribution is -0.126. The summed E-state index contributed by atoms with van der Waals surface area (Å²) < 4.78 is 5.73. The Hall–Kier alpha value is -1.26. The molecule has 1 aromatic carbocycles. The van der Waals surface area contributed by atoms with Crippen molar-refractivity contribution >= 4 is 18.3 Å².